The molecule has 1 aromatic heterocycles. The van der Waals surface area contributed by atoms with E-state index in [0.29, 0.717) is 0 Å². The van der Waals surface area contributed by atoms with Crippen LogP contribution in [0.3, 0.4) is 0 Å². The van der Waals surface area contributed by atoms with E-state index in [9.17, 15) is 0 Å². The molecule has 0 unspecified atom stereocenters. The molecule has 72 heavy (non-hydrogen) atoms. The van der Waals surface area contributed by atoms with E-state index in [-0.39, 0.29) is 0 Å². The van der Waals surface area contributed by atoms with Crippen LogP contribution in [-0.4, -0.2) is 4.57 Å². The first kappa shape index (κ1) is 40.4. The van der Waals surface area contributed by atoms with Gasteiger partial charge >= 0.3 is 0 Å². The predicted octanol–water partition coefficient (Wildman–Crippen LogP) is 17.9. The number of anilines is 3. The van der Waals surface area contributed by atoms with E-state index in [0.717, 1.165) is 22.7 Å². The number of hydrogen-bond donors (Lipinski definition) is 0. The summed E-state index contributed by atoms with van der Waals surface area (Å²) < 4.78 is 2.45. The highest BCUT2D eigenvalue weighted by Gasteiger charge is 2.53. The molecule has 4 heteroatoms. The fourth-order valence-corrected chi connectivity index (χ4v) is 15.8. The fourth-order valence-electron chi connectivity index (χ4n) is 13.4. The van der Waals surface area contributed by atoms with Gasteiger partial charge in [-0.1, -0.05) is 206 Å². The lowest BCUT2D eigenvalue weighted by atomic mass is 9.67. The number of benzene rings is 11. The molecule has 2 aliphatic heterocycles. The van der Waals surface area contributed by atoms with Crippen LogP contribution in [0, 0.1) is 0 Å². The minimum Gasteiger partial charge on any atom is -0.310 e. The molecule has 0 radical (unpaired) electrons. The van der Waals surface area contributed by atoms with Crippen LogP contribution in [0.2, 0.25) is 0 Å². The van der Waals surface area contributed by atoms with E-state index >= 15 is 0 Å². The van der Waals surface area contributed by atoms with Gasteiger partial charge in [-0.2, -0.15) is 0 Å². The summed E-state index contributed by atoms with van der Waals surface area (Å²) in [4.78, 5) is 7.79. The van der Waals surface area contributed by atoms with Crippen molar-refractivity contribution < 1.29 is 0 Å². The zero-order valence-electron chi connectivity index (χ0n) is 39.0. The topological polar surface area (TPSA) is 8.17 Å². The number of hydrogen-bond acceptors (Lipinski definition) is 3. The summed E-state index contributed by atoms with van der Waals surface area (Å²) in [6, 6.07) is 96.2. The van der Waals surface area contributed by atoms with Gasteiger partial charge in [-0.3, -0.25) is 0 Å². The lowest BCUT2D eigenvalue weighted by molar-refractivity contribution is 0.722. The van der Waals surface area contributed by atoms with Crippen LogP contribution in [0.1, 0.15) is 44.5 Å². The minimum absolute atomic E-state index is 0.521. The predicted molar refractivity (Wildman–Crippen MR) is 298 cm³/mol. The summed E-state index contributed by atoms with van der Waals surface area (Å²) in [6.07, 6.45) is 0. The molecule has 0 saturated carbocycles. The molecule has 0 saturated heterocycles. The van der Waals surface area contributed by atoms with Gasteiger partial charge < -0.3 is 9.47 Å². The average Bonchev–Trinajstić information content (AvgIpc) is 4.05. The highest BCUT2D eigenvalue weighted by atomic mass is 32.2. The van der Waals surface area contributed by atoms with Crippen LogP contribution >= 0.6 is 23.5 Å². The minimum atomic E-state index is -0.530. The molecule has 2 spiro atoms. The second-order valence-corrected chi connectivity index (χ2v) is 21.6. The fraction of sp³-hybridized carbons (Fsp3) is 0.0294. The highest BCUT2D eigenvalue weighted by molar-refractivity contribution is 7.99. The van der Waals surface area contributed by atoms with Crippen LogP contribution in [0.5, 0.6) is 0 Å². The van der Waals surface area contributed by atoms with E-state index < -0.39 is 10.8 Å². The SMILES string of the molecule is c1ccc(-n2c3ccccc3c3ccc(N(c4ccc5c(c4)C4(c6ccccc6Sc6ccccc64)c4ccccc4-5)c4cccc5c4-c4ccccc4C54c5ccccc5Sc5ccccc54)cc32)cc1. The van der Waals surface area contributed by atoms with Gasteiger partial charge in [0.1, 0.15) is 0 Å². The maximum atomic E-state index is 2.59. The maximum Gasteiger partial charge on any atom is 0.0736 e. The van der Waals surface area contributed by atoms with Crippen molar-refractivity contribution in [1.82, 2.24) is 4.57 Å². The zero-order chi connectivity index (χ0) is 47.1. The van der Waals surface area contributed by atoms with E-state index in [1.54, 1.807) is 0 Å². The summed E-state index contributed by atoms with van der Waals surface area (Å²) in [5.74, 6) is 0. The number of fused-ring (bicyclic) bond motifs is 21. The second-order valence-electron chi connectivity index (χ2n) is 19.4. The van der Waals surface area contributed by atoms with Crippen LogP contribution in [0.15, 0.2) is 274 Å². The van der Waals surface area contributed by atoms with Gasteiger partial charge in [-0.15, -0.1) is 0 Å². The smallest absolute Gasteiger partial charge is 0.0736 e. The molecule has 0 fully saturated rings. The van der Waals surface area contributed by atoms with E-state index in [4.69, 9.17) is 0 Å². The number of nitrogens with zero attached hydrogens (tertiary/aromatic N) is 2. The van der Waals surface area contributed by atoms with Crippen molar-refractivity contribution in [3.05, 3.63) is 299 Å². The molecule has 0 amide bonds. The Morgan fingerprint density at radius 2 is 0.764 bits per heavy atom. The van der Waals surface area contributed by atoms with Crippen LogP contribution in [-0.2, 0) is 10.8 Å². The Labute approximate surface area is 426 Å². The monoisotopic (exact) mass is 950 g/mol. The van der Waals surface area contributed by atoms with Crippen molar-refractivity contribution in [2.75, 3.05) is 4.90 Å². The molecular formula is C68H42N2S2. The third kappa shape index (κ3) is 5.22. The third-order valence-electron chi connectivity index (χ3n) is 16.1. The number of aromatic nitrogens is 1. The Balaban J connectivity index is 1.03. The molecule has 0 atom stereocenters. The molecule has 336 valence electrons. The molecule has 2 aliphatic carbocycles. The van der Waals surface area contributed by atoms with Crippen molar-refractivity contribution >= 4 is 62.4 Å². The first-order valence-electron chi connectivity index (χ1n) is 24.8. The molecule has 0 bridgehead atoms. The highest BCUT2D eigenvalue weighted by Crippen LogP contribution is 2.66. The second kappa shape index (κ2) is 15.1. The van der Waals surface area contributed by atoms with Crippen molar-refractivity contribution in [1.29, 1.82) is 0 Å². The Kier molecular flexibility index (Phi) is 8.49. The van der Waals surface area contributed by atoms with Gasteiger partial charge in [-0.25, -0.2) is 0 Å². The van der Waals surface area contributed by atoms with E-state index in [1.165, 1.54) is 108 Å². The molecule has 4 aliphatic rings. The Bertz CT molecular complexity index is 4170. The summed E-state index contributed by atoms with van der Waals surface area (Å²) in [5, 5.41) is 2.47. The van der Waals surface area contributed by atoms with Crippen molar-refractivity contribution in [3.8, 4) is 27.9 Å². The van der Waals surface area contributed by atoms with Crippen molar-refractivity contribution in [3.63, 3.8) is 0 Å². The Morgan fingerprint density at radius 3 is 1.42 bits per heavy atom. The van der Waals surface area contributed by atoms with Gasteiger partial charge in [0.15, 0.2) is 0 Å². The largest absolute Gasteiger partial charge is 0.310 e. The van der Waals surface area contributed by atoms with Crippen LogP contribution in [0.25, 0.3) is 49.7 Å². The van der Waals surface area contributed by atoms with Crippen molar-refractivity contribution in [2.45, 2.75) is 30.4 Å². The molecule has 2 nitrogen and oxygen atoms in total. The van der Waals surface area contributed by atoms with Crippen LogP contribution in [0.4, 0.5) is 17.1 Å². The van der Waals surface area contributed by atoms with Crippen molar-refractivity contribution in [2.24, 2.45) is 0 Å². The lowest BCUT2D eigenvalue weighted by Gasteiger charge is -2.40. The zero-order valence-corrected chi connectivity index (χ0v) is 40.6. The summed E-state index contributed by atoms with van der Waals surface area (Å²) in [7, 11) is 0. The van der Waals surface area contributed by atoms with Gasteiger partial charge in [0.05, 0.1) is 27.6 Å². The first-order chi connectivity index (χ1) is 35.7. The molecule has 16 rings (SSSR count). The molecular weight excluding hydrogens is 909 g/mol. The van der Waals surface area contributed by atoms with Gasteiger partial charge in [-0.05, 0) is 134 Å². The van der Waals surface area contributed by atoms with Crippen LogP contribution < -0.4 is 4.90 Å². The van der Waals surface area contributed by atoms with E-state index in [2.05, 4.69) is 264 Å². The number of rotatable bonds is 4. The maximum absolute atomic E-state index is 2.59. The average molecular weight is 951 g/mol. The normalized spacial score (nSPS) is 14.5. The summed E-state index contributed by atoms with van der Waals surface area (Å²) >= 11 is 3.78. The standard InChI is InChI=1S/C68H42N2S2/c1-2-19-43(20-3-1)70-59-31-13-6-22-48(59)49-40-38-45(42-61(49)70)69(44-37-39-47-46-21-4-7-24-51(46)68(58(47)41-44)55-28-11-16-35-64(55)72-65-36-17-12-29-56(65)68)60-32-18-30-57-66(60)50-23-5-8-25-52(50)67(57)53-26-9-14-33-62(53)71-63-34-15-10-27-54(63)67/h1-42H. The van der Waals surface area contributed by atoms with E-state index in [1.807, 2.05) is 23.5 Å². The first-order valence-corrected chi connectivity index (χ1v) is 26.5. The van der Waals surface area contributed by atoms with Gasteiger partial charge in [0.25, 0.3) is 0 Å². The Hall–Kier alpha value is -8.28. The summed E-state index contributed by atoms with van der Waals surface area (Å²) in [6.45, 7) is 0. The number of para-hydroxylation sites is 2. The summed E-state index contributed by atoms with van der Waals surface area (Å²) in [5.41, 5.74) is 21.5. The molecule has 12 aromatic rings. The molecule has 11 aromatic carbocycles. The van der Waals surface area contributed by atoms with Gasteiger partial charge in [0.2, 0.25) is 0 Å². The Morgan fingerprint density at radius 1 is 0.306 bits per heavy atom. The third-order valence-corrected chi connectivity index (χ3v) is 18.4. The molecule has 3 heterocycles. The molecule has 0 N–H and O–H groups in total. The lowest BCUT2D eigenvalue weighted by Crippen LogP contribution is -2.32. The quantitative estimate of drug-likeness (QED) is 0.174. The van der Waals surface area contributed by atoms with Gasteiger partial charge in [0, 0.05) is 53.0 Å².